The fourth-order valence-electron chi connectivity index (χ4n) is 2.03. The SMILES string of the molecule is CCC1(O)CN(S(=O)(=O)CCSc2ccccc2N)C1. The lowest BCUT2D eigenvalue weighted by Crippen LogP contribution is -2.63. The summed E-state index contributed by atoms with van der Waals surface area (Å²) in [7, 11) is -3.28. The van der Waals surface area contributed by atoms with Crippen LogP contribution in [0, 0.1) is 0 Å². The lowest BCUT2D eigenvalue weighted by atomic mass is 9.94. The molecule has 0 saturated carbocycles. The van der Waals surface area contributed by atoms with Gasteiger partial charge in [-0.15, -0.1) is 11.8 Å². The first-order valence-electron chi connectivity index (χ1n) is 6.54. The van der Waals surface area contributed by atoms with E-state index in [1.807, 2.05) is 25.1 Å². The molecule has 112 valence electrons. The summed E-state index contributed by atoms with van der Waals surface area (Å²) in [6.07, 6.45) is 0.578. The number of nitrogens with two attached hydrogens (primary N) is 1. The summed E-state index contributed by atoms with van der Waals surface area (Å²) in [5.74, 6) is 0.517. The first-order chi connectivity index (χ1) is 9.36. The van der Waals surface area contributed by atoms with Crippen molar-refractivity contribution in [3.63, 3.8) is 0 Å². The van der Waals surface area contributed by atoms with Crippen LogP contribution in [0.2, 0.25) is 0 Å². The van der Waals surface area contributed by atoms with Crippen LogP contribution in [0.5, 0.6) is 0 Å². The predicted molar refractivity (Wildman–Crippen MR) is 82.2 cm³/mol. The molecule has 1 aliphatic rings. The minimum Gasteiger partial charge on any atom is -0.398 e. The Bertz CT molecular complexity index is 569. The van der Waals surface area contributed by atoms with E-state index in [-0.39, 0.29) is 18.8 Å². The van der Waals surface area contributed by atoms with Crippen molar-refractivity contribution >= 4 is 27.5 Å². The fourth-order valence-corrected chi connectivity index (χ4v) is 4.97. The summed E-state index contributed by atoms with van der Waals surface area (Å²) in [5, 5.41) is 9.86. The summed E-state index contributed by atoms with van der Waals surface area (Å²) < 4.78 is 25.5. The van der Waals surface area contributed by atoms with Gasteiger partial charge in [-0.3, -0.25) is 0 Å². The second-order valence-electron chi connectivity index (χ2n) is 5.05. The summed E-state index contributed by atoms with van der Waals surface area (Å²) in [6.45, 7) is 2.28. The molecule has 1 saturated heterocycles. The Kier molecular flexibility index (Phi) is 4.63. The molecule has 0 aromatic heterocycles. The van der Waals surface area contributed by atoms with Crippen LogP contribution in [0.3, 0.4) is 0 Å². The molecular formula is C13H20N2O3S2. The van der Waals surface area contributed by atoms with Crippen molar-refractivity contribution in [2.45, 2.75) is 23.8 Å². The third-order valence-corrected chi connectivity index (χ3v) is 6.63. The lowest BCUT2D eigenvalue weighted by molar-refractivity contribution is -0.0612. The first kappa shape index (κ1) is 15.6. The molecule has 1 fully saturated rings. The Labute approximate surface area is 124 Å². The Hall–Kier alpha value is -0.760. The van der Waals surface area contributed by atoms with Gasteiger partial charge in [-0.25, -0.2) is 8.42 Å². The van der Waals surface area contributed by atoms with Crippen LogP contribution in [-0.2, 0) is 10.0 Å². The number of hydrogen-bond donors (Lipinski definition) is 2. The van der Waals surface area contributed by atoms with E-state index in [0.29, 0.717) is 17.9 Å². The summed E-state index contributed by atoms with van der Waals surface area (Å²) in [4.78, 5) is 0.899. The van der Waals surface area contributed by atoms with E-state index in [1.54, 1.807) is 6.07 Å². The Morgan fingerprint density at radius 3 is 2.65 bits per heavy atom. The number of sulfonamides is 1. The van der Waals surface area contributed by atoms with Gasteiger partial charge in [-0.1, -0.05) is 19.1 Å². The van der Waals surface area contributed by atoms with Crippen LogP contribution < -0.4 is 5.73 Å². The maximum atomic E-state index is 12.1. The maximum absolute atomic E-state index is 12.1. The Balaban J connectivity index is 1.84. The number of hydrogen-bond acceptors (Lipinski definition) is 5. The molecule has 1 aliphatic heterocycles. The number of rotatable bonds is 6. The minimum atomic E-state index is -3.28. The molecule has 0 bridgehead atoms. The van der Waals surface area contributed by atoms with E-state index >= 15 is 0 Å². The normalized spacial score (nSPS) is 18.7. The van der Waals surface area contributed by atoms with E-state index in [2.05, 4.69) is 0 Å². The molecule has 0 radical (unpaired) electrons. The number of aliphatic hydroxyl groups is 1. The van der Waals surface area contributed by atoms with Gasteiger partial charge in [-0.2, -0.15) is 4.31 Å². The highest BCUT2D eigenvalue weighted by molar-refractivity contribution is 8.00. The zero-order valence-corrected chi connectivity index (χ0v) is 13.1. The molecular weight excluding hydrogens is 296 g/mol. The molecule has 1 heterocycles. The molecule has 0 atom stereocenters. The highest BCUT2D eigenvalue weighted by Crippen LogP contribution is 2.29. The van der Waals surface area contributed by atoms with Gasteiger partial charge < -0.3 is 10.8 Å². The number of benzene rings is 1. The molecule has 0 aliphatic carbocycles. The Morgan fingerprint density at radius 2 is 2.05 bits per heavy atom. The van der Waals surface area contributed by atoms with Crippen LogP contribution >= 0.6 is 11.8 Å². The molecule has 3 N–H and O–H groups in total. The van der Waals surface area contributed by atoms with Crippen LogP contribution in [-0.4, -0.2) is 48.0 Å². The van der Waals surface area contributed by atoms with E-state index < -0.39 is 15.6 Å². The van der Waals surface area contributed by atoms with Crippen LogP contribution in [0.15, 0.2) is 29.2 Å². The second-order valence-corrected chi connectivity index (χ2v) is 8.27. The van der Waals surface area contributed by atoms with Crippen molar-refractivity contribution in [2.75, 3.05) is 30.3 Å². The molecule has 1 aromatic rings. The molecule has 7 heteroatoms. The summed E-state index contributed by atoms with van der Waals surface area (Å²) >= 11 is 1.44. The van der Waals surface area contributed by atoms with Gasteiger partial charge in [0, 0.05) is 29.4 Å². The molecule has 0 amide bonds. The van der Waals surface area contributed by atoms with Crippen LogP contribution in [0.4, 0.5) is 5.69 Å². The molecule has 1 aromatic carbocycles. The first-order valence-corrected chi connectivity index (χ1v) is 9.13. The van der Waals surface area contributed by atoms with Crippen molar-refractivity contribution in [1.29, 1.82) is 0 Å². The van der Waals surface area contributed by atoms with Gasteiger partial charge in [0.15, 0.2) is 0 Å². The molecule has 0 spiro atoms. The van der Waals surface area contributed by atoms with Crippen molar-refractivity contribution in [3.8, 4) is 0 Å². The third-order valence-electron chi connectivity index (χ3n) is 3.51. The topological polar surface area (TPSA) is 83.6 Å². The molecule has 5 nitrogen and oxygen atoms in total. The Morgan fingerprint density at radius 1 is 1.40 bits per heavy atom. The number of nitrogens with zero attached hydrogens (tertiary/aromatic N) is 1. The van der Waals surface area contributed by atoms with E-state index in [9.17, 15) is 13.5 Å². The number of thioether (sulfide) groups is 1. The van der Waals surface area contributed by atoms with Gasteiger partial charge in [0.05, 0.1) is 11.4 Å². The molecule has 0 unspecified atom stereocenters. The quantitative estimate of drug-likeness (QED) is 0.607. The van der Waals surface area contributed by atoms with E-state index in [1.165, 1.54) is 16.1 Å². The largest absolute Gasteiger partial charge is 0.398 e. The highest BCUT2D eigenvalue weighted by atomic mass is 32.2. The predicted octanol–water partition coefficient (Wildman–Crippen LogP) is 1.15. The number of para-hydroxylation sites is 1. The highest BCUT2D eigenvalue weighted by Gasteiger charge is 2.45. The average molecular weight is 316 g/mol. The third kappa shape index (κ3) is 3.46. The van der Waals surface area contributed by atoms with Gasteiger partial charge in [-0.05, 0) is 18.6 Å². The number of β-amino-alcohol motifs (C(OH)–C–C–N with tert-alkyl or cyclic N) is 1. The van der Waals surface area contributed by atoms with Crippen molar-refractivity contribution < 1.29 is 13.5 Å². The molecule has 20 heavy (non-hydrogen) atoms. The van der Waals surface area contributed by atoms with Crippen molar-refractivity contribution in [2.24, 2.45) is 0 Å². The standard InChI is InChI=1S/C13H20N2O3S2/c1-2-13(16)9-15(10-13)20(17,18)8-7-19-12-6-4-3-5-11(12)14/h3-6,16H,2,7-10,14H2,1H3. The van der Waals surface area contributed by atoms with E-state index in [4.69, 9.17) is 5.73 Å². The van der Waals surface area contributed by atoms with Crippen molar-refractivity contribution in [3.05, 3.63) is 24.3 Å². The van der Waals surface area contributed by atoms with Gasteiger partial charge in [0.2, 0.25) is 10.0 Å². The smallest absolute Gasteiger partial charge is 0.215 e. The zero-order valence-electron chi connectivity index (χ0n) is 11.4. The molecule has 2 rings (SSSR count). The van der Waals surface area contributed by atoms with Gasteiger partial charge >= 0.3 is 0 Å². The summed E-state index contributed by atoms with van der Waals surface area (Å²) in [5.41, 5.74) is 5.64. The fraction of sp³-hybridized carbons (Fsp3) is 0.538. The maximum Gasteiger partial charge on any atom is 0.215 e. The average Bonchev–Trinajstić information content (AvgIpc) is 2.37. The van der Waals surface area contributed by atoms with Gasteiger partial charge in [0.25, 0.3) is 0 Å². The van der Waals surface area contributed by atoms with Crippen molar-refractivity contribution in [1.82, 2.24) is 4.31 Å². The van der Waals surface area contributed by atoms with Crippen LogP contribution in [0.1, 0.15) is 13.3 Å². The minimum absolute atomic E-state index is 0.0613. The van der Waals surface area contributed by atoms with E-state index in [0.717, 1.165) is 4.90 Å². The second kappa shape index (κ2) is 5.93. The number of nitrogen functional groups attached to an aromatic ring is 1. The van der Waals surface area contributed by atoms with Crippen LogP contribution in [0.25, 0.3) is 0 Å². The zero-order chi connectivity index (χ0) is 14.8. The monoisotopic (exact) mass is 316 g/mol. The lowest BCUT2D eigenvalue weighted by Gasteiger charge is -2.44. The van der Waals surface area contributed by atoms with Gasteiger partial charge in [0.1, 0.15) is 0 Å². The number of anilines is 1. The summed E-state index contributed by atoms with van der Waals surface area (Å²) in [6, 6.07) is 7.41.